The van der Waals surface area contributed by atoms with Gasteiger partial charge in [-0.05, 0) is 55.7 Å². The standard InChI is InChI=1S/C23H30N2O4/c24-23(28)16-9-4-5-10-17-21(16)22-18(11-6-12-19(22)29-14-20(26)27)25(17)13-15-7-2-1-3-8-15/h6,11-12,15-16H,1-5,7-10,13-14H2,(H2,24,28)(H,26,27). The van der Waals surface area contributed by atoms with Gasteiger partial charge in [0.1, 0.15) is 5.75 Å². The van der Waals surface area contributed by atoms with Crippen LogP contribution in [0.25, 0.3) is 10.9 Å². The van der Waals surface area contributed by atoms with Crippen molar-refractivity contribution in [3.8, 4) is 5.75 Å². The van der Waals surface area contributed by atoms with E-state index in [1.54, 1.807) is 6.07 Å². The van der Waals surface area contributed by atoms with Crippen molar-refractivity contribution in [2.45, 2.75) is 70.3 Å². The van der Waals surface area contributed by atoms with Gasteiger partial charge in [0.15, 0.2) is 6.61 Å². The van der Waals surface area contributed by atoms with Gasteiger partial charge >= 0.3 is 5.97 Å². The molecule has 1 heterocycles. The Kier molecular flexibility index (Phi) is 5.79. The van der Waals surface area contributed by atoms with Gasteiger partial charge in [0.25, 0.3) is 0 Å². The summed E-state index contributed by atoms with van der Waals surface area (Å²) < 4.78 is 8.04. The van der Waals surface area contributed by atoms with E-state index in [0.717, 1.165) is 48.7 Å². The van der Waals surface area contributed by atoms with E-state index < -0.39 is 12.6 Å². The monoisotopic (exact) mass is 398 g/mol. The van der Waals surface area contributed by atoms with Crippen LogP contribution in [0, 0.1) is 5.92 Å². The number of amides is 1. The number of hydrogen-bond donors (Lipinski definition) is 2. The molecule has 2 aliphatic carbocycles. The van der Waals surface area contributed by atoms with Crippen LogP contribution < -0.4 is 10.5 Å². The Morgan fingerprint density at radius 2 is 1.86 bits per heavy atom. The second-order valence-corrected chi connectivity index (χ2v) is 8.51. The molecule has 6 heteroatoms. The maximum atomic E-state index is 12.4. The summed E-state index contributed by atoms with van der Waals surface area (Å²) in [5, 5.41) is 9.97. The number of rotatable bonds is 6. The normalized spacial score (nSPS) is 20.2. The molecule has 0 bridgehead atoms. The van der Waals surface area contributed by atoms with Crippen molar-refractivity contribution in [1.29, 1.82) is 0 Å². The number of primary amides is 1. The average Bonchev–Trinajstić information content (AvgIpc) is 2.87. The summed E-state index contributed by atoms with van der Waals surface area (Å²) in [4.78, 5) is 23.5. The van der Waals surface area contributed by atoms with Crippen LogP contribution in [0.3, 0.4) is 0 Å². The molecular formula is C23H30N2O4. The summed E-state index contributed by atoms with van der Waals surface area (Å²) in [7, 11) is 0. The summed E-state index contributed by atoms with van der Waals surface area (Å²) in [5.41, 5.74) is 9.03. The van der Waals surface area contributed by atoms with Crippen molar-refractivity contribution in [3.05, 3.63) is 29.5 Å². The molecule has 29 heavy (non-hydrogen) atoms. The zero-order chi connectivity index (χ0) is 20.4. The molecule has 1 atom stereocenters. The van der Waals surface area contributed by atoms with Crippen LogP contribution in [0.4, 0.5) is 0 Å². The number of ether oxygens (including phenoxy) is 1. The zero-order valence-corrected chi connectivity index (χ0v) is 16.9. The van der Waals surface area contributed by atoms with Crippen LogP contribution in [0.1, 0.15) is 68.5 Å². The lowest BCUT2D eigenvalue weighted by molar-refractivity contribution is -0.139. The number of carboxylic acids is 1. The first-order chi connectivity index (χ1) is 14.1. The third-order valence-corrected chi connectivity index (χ3v) is 6.57. The van der Waals surface area contributed by atoms with E-state index in [1.807, 2.05) is 6.07 Å². The van der Waals surface area contributed by atoms with E-state index in [4.69, 9.17) is 15.6 Å². The molecule has 156 valence electrons. The van der Waals surface area contributed by atoms with Gasteiger partial charge in [-0.1, -0.05) is 31.7 Å². The molecule has 3 N–H and O–H groups in total. The topological polar surface area (TPSA) is 94.6 Å². The van der Waals surface area contributed by atoms with E-state index in [-0.39, 0.29) is 11.8 Å². The Bertz CT molecular complexity index is 911. The molecule has 1 fully saturated rings. The lowest BCUT2D eigenvalue weighted by Gasteiger charge is -2.24. The average molecular weight is 399 g/mol. The van der Waals surface area contributed by atoms with Crippen molar-refractivity contribution in [1.82, 2.24) is 4.57 Å². The van der Waals surface area contributed by atoms with Gasteiger partial charge in [0, 0.05) is 17.6 Å². The minimum Gasteiger partial charge on any atom is -0.481 e. The fourth-order valence-corrected chi connectivity index (χ4v) is 5.26. The van der Waals surface area contributed by atoms with Gasteiger partial charge in [-0.25, -0.2) is 4.79 Å². The smallest absolute Gasteiger partial charge is 0.341 e. The van der Waals surface area contributed by atoms with Crippen molar-refractivity contribution in [2.24, 2.45) is 11.7 Å². The molecule has 0 radical (unpaired) electrons. The number of carbonyl (C=O) groups is 2. The van der Waals surface area contributed by atoms with Gasteiger partial charge < -0.3 is 20.1 Å². The van der Waals surface area contributed by atoms with Gasteiger partial charge in [-0.3, -0.25) is 4.79 Å². The van der Waals surface area contributed by atoms with Crippen molar-refractivity contribution in [3.63, 3.8) is 0 Å². The van der Waals surface area contributed by atoms with Crippen LogP contribution >= 0.6 is 0 Å². The van der Waals surface area contributed by atoms with Crippen molar-refractivity contribution in [2.75, 3.05) is 6.61 Å². The van der Waals surface area contributed by atoms with E-state index in [0.29, 0.717) is 11.7 Å². The van der Waals surface area contributed by atoms with Crippen LogP contribution in [0.5, 0.6) is 5.75 Å². The number of aliphatic carboxylic acids is 1. The highest BCUT2D eigenvalue weighted by molar-refractivity contribution is 5.97. The summed E-state index contributed by atoms with van der Waals surface area (Å²) in [6.45, 7) is 0.544. The molecule has 0 saturated heterocycles. The number of hydrogen-bond acceptors (Lipinski definition) is 3. The SMILES string of the molecule is NC(=O)C1CCCCc2c1c1c(OCC(=O)O)cccc1n2CC1CCCCC1. The summed E-state index contributed by atoms with van der Waals surface area (Å²) in [6, 6.07) is 5.79. The third-order valence-electron chi connectivity index (χ3n) is 6.57. The van der Waals surface area contributed by atoms with Crippen molar-refractivity contribution < 1.29 is 19.4 Å². The molecule has 4 rings (SSSR count). The second-order valence-electron chi connectivity index (χ2n) is 8.51. The Morgan fingerprint density at radius 3 is 2.59 bits per heavy atom. The molecule has 2 aromatic rings. The van der Waals surface area contributed by atoms with Gasteiger partial charge in [-0.2, -0.15) is 0 Å². The van der Waals surface area contributed by atoms with Crippen LogP contribution in [-0.2, 0) is 22.6 Å². The maximum Gasteiger partial charge on any atom is 0.341 e. The highest BCUT2D eigenvalue weighted by Gasteiger charge is 2.32. The van der Waals surface area contributed by atoms with Crippen LogP contribution in [0.2, 0.25) is 0 Å². The number of carbonyl (C=O) groups excluding carboxylic acids is 1. The fraction of sp³-hybridized carbons (Fsp3) is 0.565. The molecule has 2 aliphatic rings. The lowest BCUT2D eigenvalue weighted by atomic mass is 9.89. The summed E-state index contributed by atoms with van der Waals surface area (Å²) in [6.07, 6.45) is 10.0. The Balaban J connectivity index is 1.87. The molecular weight excluding hydrogens is 368 g/mol. The minimum absolute atomic E-state index is 0.307. The second kappa shape index (κ2) is 8.47. The molecule has 1 unspecified atom stereocenters. The molecule has 0 aliphatic heterocycles. The highest BCUT2D eigenvalue weighted by Crippen LogP contribution is 2.43. The lowest BCUT2D eigenvalue weighted by Crippen LogP contribution is -2.22. The molecule has 0 spiro atoms. The van der Waals surface area contributed by atoms with E-state index >= 15 is 0 Å². The van der Waals surface area contributed by atoms with Gasteiger partial charge in [-0.15, -0.1) is 0 Å². The Labute approximate surface area is 171 Å². The third kappa shape index (κ3) is 3.98. The van der Waals surface area contributed by atoms with Crippen LogP contribution in [0.15, 0.2) is 18.2 Å². The van der Waals surface area contributed by atoms with Crippen LogP contribution in [-0.4, -0.2) is 28.2 Å². The Morgan fingerprint density at radius 1 is 1.10 bits per heavy atom. The minimum atomic E-state index is -1.01. The largest absolute Gasteiger partial charge is 0.481 e. The number of nitrogens with two attached hydrogens (primary N) is 1. The van der Waals surface area contributed by atoms with E-state index in [9.17, 15) is 9.59 Å². The van der Waals surface area contributed by atoms with E-state index in [2.05, 4.69) is 10.6 Å². The quantitative estimate of drug-likeness (QED) is 0.720. The molecule has 1 saturated carbocycles. The first kappa shape index (κ1) is 19.8. The van der Waals surface area contributed by atoms with E-state index in [1.165, 1.54) is 37.8 Å². The van der Waals surface area contributed by atoms with Gasteiger partial charge in [0.2, 0.25) is 5.91 Å². The maximum absolute atomic E-state index is 12.4. The molecule has 1 aromatic heterocycles. The first-order valence-corrected chi connectivity index (χ1v) is 10.8. The predicted molar refractivity (Wildman–Crippen MR) is 111 cm³/mol. The zero-order valence-electron chi connectivity index (χ0n) is 16.9. The van der Waals surface area contributed by atoms with Gasteiger partial charge in [0.05, 0.1) is 11.4 Å². The number of fused-ring (bicyclic) bond motifs is 3. The van der Waals surface area contributed by atoms with Crippen molar-refractivity contribution >= 4 is 22.8 Å². The highest BCUT2D eigenvalue weighted by atomic mass is 16.5. The number of aromatic nitrogens is 1. The fourth-order valence-electron chi connectivity index (χ4n) is 5.26. The molecule has 6 nitrogen and oxygen atoms in total. The first-order valence-electron chi connectivity index (χ1n) is 10.8. The predicted octanol–water partition coefficient (Wildman–Crippen LogP) is 3.98. The molecule has 1 aromatic carbocycles. The number of benzene rings is 1. The summed E-state index contributed by atoms with van der Waals surface area (Å²) in [5.74, 6) is -0.490. The molecule has 1 amide bonds. The number of carboxylic acid groups (broad SMARTS) is 1. The number of nitrogens with zero attached hydrogens (tertiary/aromatic N) is 1. The summed E-state index contributed by atoms with van der Waals surface area (Å²) >= 11 is 0. The Hall–Kier alpha value is -2.50.